The molecule has 0 aromatic rings. The van der Waals surface area contributed by atoms with Crippen LogP contribution in [0.1, 0.15) is 187 Å². The number of aldehydes is 1. The first-order valence-electron chi connectivity index (χ1n) is 17.2. The molecule has 0 saturated heterocycles. The Morgan fingerprint density at radius 2 is 0.795 bits per heavy atom. The molecule has 0 aliphatic carbocycles. The molecule has 39 heavy (non-hydrogen) atoms. The molecule has 2 nitrogen and oxygen atoms in total. The highest BCUT2D eigenvalue weighted by Crippen LogP contribution is 2.12. The number of allylic oxidation sites excluding steroid dienone is 4. The summed E-state index contributed by atoms with van der Waals surface area (Å²) >= 11 is 5.86. The van der Waals surface area contributed by atoms with Gasteiger partial charge >= 0.3 is 0 Å². The summed E-state index contributed by atoms with van der Waals surface area (Å²) in [5.41, 5.74) is 0. The standard InChI is InChI=1S/C18H35ClO.C18H34O/c1-2-3-4-5-6-7-8-9-10-11-12-13-14-15-16-18(19)17-20;1-2-3-4-5-6-7-8-9-10-11-12-13-14-15-16-17-18-19/h9-10,18,20H,2-8,11-17H2,1H3;9-10,18H,2-8,11-17H2,1H3/b2*10-9-. The minimum absolute atomic E-state index is 0.0350. The average molecular weight is 569 g/mol. The van der Waals surface area contributed by atoms with Crippen LogP contribution < -0.4 is 0 Å². The number of carbonyl (C=O) groups is 1. The Labute approximate surface area is 250 Å². The molecular formula is C36H69ClO2. The van der Waals surface area contributed by atoms with Crippen molar-refractivity contribution >= 4 is 17.9 Å². The molecule has 232 valence electrons. The quantitative estimate of drug-likeness (QED) is 0.0404. The van der Waals surface area contributed by atoms with E-state index in [0.717, 1.165) is 32.0 Å². The van der Waals surface area contributed by atoms with Crippen molar-refractivity contribution in [2.24, 2.45) is 0 Å². The van der Waals surface area contributed by atoms with Gasteiger partial charge in [-0.15, -0.1) is 11.6 Å². The fraction of sp³-hybridized carbons (Fsp3) is 0.861. The number of rotatable bonds is 30. The van der Waals surface area contributed by atoms with Crippen LogP contribution in [0.25, 0.3) is 0 Å². The number of carbonyl (C=O) groups excluding carboxylic acids is 1. The van der Waals surface area contributed by atoms with Crippen LogP contribution in [-0.2, 0) is 4.79 Å². The van der Waals surface area contributed by atoms with Gasteiger partial charge in [-0.1, -0.05) is 141 Å². The number of aliphatic hydroxyl groups excluding tert-OH is 1. The van der Waals surface area contributed by atoms with Crippen molar-refractivity contribution in [1.29, 1.82) is 0 Å². The van der Waals surface area contributed by atoms with E-state index in [1.165, 1.54) is 148 Å². The van der Waals surface area contributed by atoms with Gasteiger partial charge in [0.1, 0.15) is 6.29 Å². The molecule has 0 amide bonds. The maximum atomic E-state index is 10.1. The molecule has 0 heterocycles. The maximum Gasteiger partial charge on any atom is 0.119 e. The van der Waals surface area contributed by atoms with E-state index >= 15 is 0 Å². The molecule has 0 aliphatic heterocycles. The van der Waals surface area contributed by atoms with E-state index in [1.807, 2.05) is 0 Å². The molecular weight excluding hydrogens is 500 g/mol. The lowest BCUT2D eigenvalue weighted by molar-refractivity contribution is -0.107. The van der Waals surface area contributed by atoms with Crippen LogP contribution in [0.5, 0.6) is 0 Å². The first kappa shape index (κ1) is 40.5. The number of unbranched alkanes of at least 4 members (excludes halogenated alkanes) is 22. The number of halogens is 1. The molecule has 0 aromatic heterocycles. The van der Waals surface area contributed by atoms with Crippen molar-refractivity contribution in [3.63, 3.8) is 0 Å². The van der Waals surface area contributed by atoms with Gasteiger partial charge in [-0.05, 0) is 64.2 Å². The number of hydrogen-bond donors (Lipinski definition) is 1. The van der Waals surface area contributed by atoms with E-state index < -0.39 is 0 Å². The third-order valence-corrected chi connectivity index (χ3v) is 7.67. The second-order valence-electron chi connectivity index (χ2n) is 11.3. The Kier molecular flexibility index (Phi) is 41.1. The van der Waals surface area contributed by atoms with Gasteiger partial charge < -0.3 is 9.90 Å². The van der Waals surface area contributed by atoms with Crippen molar-refractivity contribution < 1.29 is 9.90 Å². The van der Waals surface area contributed by atoms with Gasteiger partial charge in [0.05, 0.1) is 12.0 Å². The highest BCUT2D eigenvalue weighted by Gasteiger charge is 2.00. The molecule has 1 N–H and O–H groups in total. The van der Waals surface area contributed by atoms with Crippen LogP contribution in [0.15, 0.2) is 24.3 Å². The first-order chi connectivity index (χ1) is 19.2. The van der Waals surface area contributed by atoms with E-state index in [1.54, 1.807) is 0 Å². The Balaban J connectivity index is 0. The highest BCUT2D eigenvalue weighted by molar-refractivity contribution is 6.20. The molecule has 0 aromatic carbocycles. The van der Waals surface area contributed by atoms with Crippen LogP contribution in [0.2, 0.25) is 0 Å². The first-order valence-corrected chi connectivity index (χ1v) is 17.6. The summed E-state index contributed by atoms with van der Waals surface area (Å²) in [5, 5.41) is 8.76. The summed E-state index contributed by atoms with van der Waals surface area (Å²) in [5.74, 6) is 0. The second kappa shape index (κ2) is 39.5. The van der Waals surface area contributed by atoms with Crippen LogP contribution in [0.3, 0.4) is 0 Å². The molecule has 1 unspecified atom stereocenters. The Morgan fingerprint density at radius 3 is 1.13 bits per heavy atom. The predicted octanol–water partition coefficient (Wildman–Crippen LogP) is 12.5. The fourth-order valence-electron chi connectivity index (χ4n) is 4.65. The molecule has 1 atom stereocenters. The lowest BCUT2D eigenvalue weighted by atomic mass is 10.1. The molecule has 0 rings (SSSR count). The monoisotopic (exact) mass is 568 g/mol. The zero-order valence-electron chi connectivity index (χ0n) is 26.5. The van der Waals surface area contributed by atoms with E-state index in [9.17, 15) is 4.79 Å². The van der Waals surface area contributed by atoms with E-state index in [-0.39, 0.29) is 12.0 Å². The summed E-state index contributed by atoms with van der Waals surface area (Å²) in [7, 11) is 0. The third kappa shape index (κ3) is 42.0. The van der Waals surface area contributed by atoms with Crippen molar-refractivity contribution in [3.05, 3.63) is 24.3 Å². The second-order valence-corrected chi connectivity index (χ2v) is 12.0. The summed E-state index contributed by atoms with van der Waals surface area (Å²) in [6.07, 6.45) is 45.0. The van der Waals surface area contributed by atoms with Crippen molar-refractivity contribution in [2.45, 2.75) is 193 Å². The average Bonchev–Trinajstić information content (AvgIpc) is 2.95. The Bertz CT molecular complexity index is 488. The number of aliphatic hydroxyl groups is 1. The van der Waals surface area contributed by atoms with Crippen LogP contribution in [0.4, 0.5) is 0 Å². The summed E-state index contributed by atoms with van der Waals surface area (Å²) in [6, 6.07) is 0. The number of alkyl halides is 1. The van der Waals surface area contributed by atoms with Gasteiger partial charge in [0, 0.05) is 6.42 Å². The molecule has 0 fully saturated rings. The molecule has 3 heteroatoms. The van der Waals surface area contributed by atoms with Gasteiger partial charge in [-0.3, -0.25) is 0 Å². The van der Waals surface area contributed by atoms with E-state index in [0.29, 0.717) is 0 Å². The van der Waals surface area contributed by atoms with Crippen LogP contribution in [-0.4, -0.2) is 23.4 Å². The Morgan fingerprint density at radius 1 is 0.487 bits per heavy atom. The maximum absolute atomic E-state index is 10.1. The smallest absolute Gasteiger partial charge is 0.119 e. The zero-order chi connectivity index (χ0) is 28.9. The van der Waals surface area contributed by atoms with Gasteiger partial charge in [0.2, 0.25) is 0 Å². The largest absolute Gasteiger partial charge is 0.395 e. The van der Waals surface area contributed by atoms with Gasteiger partial charge in [0.15, 0.2) is 0 Å². The van der Waals surface area contributed by atoms with Crippen LogP contribution >= 0.6 is 11.6 Å². The lowest BCUT2D eigenvalue weighted by Gasteiger charge is -2.04. The van der Waals surface area contributed by atoms with Crippen molar-refractivity contribution in [2.75, 3.05) is 6.61 Å². The molecule has 0 aliphatic rings. The third-order valence-electron chi connectivity index (χ3n) is 7.31. The molecule has 0 bridgehead atoms. The van der Waals surface area contributed by atoms with Crippen molar-refractivity contribution in [3.8, 4) is 0 Å². The van der Waals surface area contributed by atoms with Gasteiger partial charge in [-0.2, -0.15) is 0 Å². The summed E-state index contributed by atoms with van der Waals surface area (Å²) < 4.78 is 0. The lowest BCUT2D eigenvalue weighted by Crippen LogP contribution is -2.03. The highest BCUT2D eigenvalue weighted by atomic mass is 35.5. The topological polar surface area (TPSA) is 37.3 Å². The molecule has 0 radical (unpaired) electrons. The fourth-order valence-corrected chi connectivity index (χ4v) is 4.80. The van der Waals surface area contributed by atoms with E-state index in [4.69, 9.17) is 16.7 Å². The van der Waals surface area contributed by atoms with Gasteiger partial charge in [-0.25, -0.2) is 0 Å². The Hall–Kier alpha value is -0.600. The zero-order valence-corrected chi connectivity index (χ0v) is 27.3. The summed E-state index contributed by atoms with van der Waals surface area (Å²) in [4.78, 5) is 10.1. The van der Waals surface area contributed by atoms with E-state index in [2.05, 4.69) is 38.2 Å². The normalized spacial score (nSPS) is 12.2. The van der Waals surface area contributed by atoms with Gasteiger partial charge in [0.25, 0.3) is 0 Å². The molecule has 0 saturated carbocycles. The predicted molar refractivity (Wildman–Crippen MR) is 177 cm³/mol. The molecule has 0 spiro atoms. The van der Waals surface area contributed by atoms with Crippen molar-refractivity contribution in [1.82, 2.24) is 0 Å². The minimum atomic E-state index is -0.0350. The number of hydrogen-bond acceptors (Lipinski definition) is 2. The summed E-state index contributed by atoms with van der Waals surface area (Å²) in [6.45, 7) is 4.65. The van der Waals surface area contributed by atoms with Crippen LogP contribution in [0, 0.1) is 0 Å². The SMILES string of the molecule is CCCCCCCC/C=C\CCCCCCC(Cl)CO.CCCCCCCC/C=C\CCCCCCCC=O. The minimum Gasteiger partial charge on any atom is -0.395 e.